The largest absolute Gasteiger partial charge is 0.506 e. The Bertz CT molecular complexity index is 1360. The molecule has 0 bridgehead atoms. The number of aliphatic hydroxyl groups is 1. The molecule has 0 radical (unpaired) electrons. The number of hydrogen-bond donors (Lipinski definition) is 5. The average molecular weight is 537 g/mol. The minimum Gasteiger partial charge on any atom is -0.506 e. The van der Waals surface area contributed by atoms with Crippen LogP contribution in [-0.2, 0) is 17.7 Å². The van der Waals surface area contributed by atoms with Crippen molar-refractivity contribution < 1.29 is 24.9 Å². The van der Waals surface area contributed by atoms with Gasteiger partial charge in [-0.2, -0.15) is 0 Å². The average Bonchev–Trinajstić information content (AvgIpc) is 2.93. The first-order chi connectivity index (χ1) is 18.8. The van der Waals surface area contributed by atoms with E-state index in [2.05, 4.69) is 27.3 Å². The number of aromatic nitrogens is 1. The second kappa shape index (κ2) is 11.7. The van der Waals surface area contributed by atoms with Gasteiger partial charge in [0.05, 0.1) is 30.4 Å². The highest BCUT2D eigenvalue weighted by Gasteiger charge is 2.36. The van der Waals surface area contributed by atoms with E-state index in [1.807, 2.05) is 12.1 Å². The van der Waals surface area contributed by atoms with Gasteiger partial charge < -0.3 is 35.3 Å². The van der Waals surface area contributed by atoms with Gasteiger partial charge in [-0.05, 0) is 48.1 Å². The summed E-state index contributed by atoms with van der Waals surface area (Å²) in [6.45, 7) is 5.51. The molecule has 39 heavy (non-hydrogen) atoms. The summed E-state index contributed by atoms with van der Waals surface area (Å²) in [7, 11) is 0. The number of carboxylic acid groups (broad SMARTS) is 1. The molecular weight excluding hydrogens is 500 g/mol. The van der Waals surface area contributed by atoms with Crippen LogP contribution < -0.4 is 10.9 Å². The number of nitrogens with one attached hydrogen (secondary N) is 2. The lowest BCUT2D eigenvalue weighted by Gasteiger charge is -2.44. The number of phenols is 1. The van der Waals surface area contributed by atoms with Crippen LogP contribution in [0.2, 0.25) is 0 Å². The molecule has 1 atom stereocenters. The van der Waals surface area contributed by atoms with Gasteiger partial charge in [-0.25, -0.2) is 4.79 Å². The molecule has 208 valence electrons. The SMILES string of the molecule is O=C(O)N(CCc1cccc(CN2CCC3(CC2)CNCCO3)c1)CC(O)c1ccc(O)c2[nH]c(=O)ccc12. The third-order valence-corrected chi connectivity index (χ3v) is 7.90. The van der Waals surface area contributed by atoms with Gasteiger partial charge in [-0.3, -0.25) is 9.69 Å². The molecule has 1 aromatic heterocycles. The minimum absolute atomic E-state index is 0.0227. The maximum atomic E-state index is 12.0. The summed E-state index contributed by atoms with van der Waals surface area (Å²) < 4.78 is 6.10. The second-order valence-electron chi connectivity index (χ2n) is 10.6. The van der Waals surface area contributed by atoms with E-state index in [4.69, 9.17) is 4.74 Å². The Kier molecular flexibility index (Phi) is 8.18. The quantitative estimate of drug-likeness (QED) is 0.296. The molecular formula is C29H36N4O6. The van der Waals surface area contributed by atoms with Crippen LogP contribution in [0.1, 0.15) is 35.6 Å². The maximum Gasteiger partial charge on any atom is 0.407 e. The van der Waals surface area contributed by atoms with Crippen molar-refractivity contribution in [2.45, 2.75) is 37.5 Å². The number of ether oxygens (including phenoxy) is 1. The number of fused-ring (bicyclic) bond motifs is 1. The van der Waals surface area contributed by atoms with Gasteiger partial charge in [-0.15, -0.1) is 0 Å². The summed E-state index contributed by atoms with van der Waals surface area (Å²) in [5.74, 6) is -0.114. The molecule has 10 heteroatoms. The van der Waals surface area contributed by atoms with Crippen molar-refractivity contribution in [3.63, 3.8) is 0 Å². The number of likely N-dealkylation sites (tertiary alicyclic amines) is 1. The first-order valence-electron chi connectivity index (χ1n) is 13.5. The summed E-state index contributed by atoms with van der Waals surface area (Å²) in [4.78, 5) is 29.9. The number of benzene rings is 2. The van der Waals surface area contributed by atoms with Gasteiger partial charge >= 0.3 is 6.09 Å². The zero-order valence-electron chi connectivity index (χ0n) is 21.9. The zero-order chi connectivity index (χ0) is 27.4. The number of pyridine rings is 1. The predicted molar refractivity (Wildman–Crippen MR) is 147 cm³/mol. The fourth-order valence-electron chi connectivity index (χ4n) is 5.67. The number of rotatable bonds is 8. The molecule has 2 fully saturated rings. The van der Waals surface area contributed by atoms with Crippen LogP contribution in [0.4, 0.5) is 4.79 Å². The van der Waals surface area contributed by atoms with Gasteiger partial charge in [0.2, 0.25) is 5.56 Å². The number of piperidine rings is 1. The number of nitrogens with zero attached hydrogens (tertiary/aromatic N) is 2. The summed E-state index contributed by atoms with van der Waals surface area (Å²) in [5, 5.41) is 34.8. The molecule has 5 rings (SSSR count). The maximum absolute atomic E-state index is 12.0. The lowest BCUT2D eigenvalue weighted by Crippen LogP contribution is -2.55. The Balaban J connectivity index is 1.19. The molecule has 2 aromatic carbocycles. The van der Waals surface area contributed by atoms with E-state index in [-0.39, 0.29) is 35.5 Å². The lowest BCUT2D eigenvalue weighted by atomic mass is 9.90. The number of hydrogen-bond acceptors (Lipinski definition) is 7. The molecule has 3 heterocycles. The summed E-state index contributed by atoms with van der Waals surface area (Å²) >= 11 is 0. The second-order valence-corrected chi connectivity index (χ2v) is 10.6. The first kappa shape index (κ1) is 27.1. The van der Waals surface area contributed by atoms with E-state index in [0.717, 1.165) is 57.7 Å². The Labute approximate surface area is 226 Å². The molecule has 5 N–H and O–H groups in total. The number of aliphatic hydroxyl groups excluding tert-OH is 1. The Morgan fingerprint density at radius 3 is 2.67 bits per heavy atom. The number of amides is 1. The van der Waals surface area contributed by atoms with Crippen LogP contribution in [0.3, 0.4) is 0 Å². The number of aromatic hydroxyl groups is 1. The van der Waals surface area contributed by atoms with Crippen LogP contribution >= 0.6 is 0 Å². The predicted octanol–water partition coefficient (Wildman–Crippen LogP) is 2.44. The molecule has 1 spiro atoms. The minimum atomic E-state index is -1.13. The molecule has 1 amide bonds. The van der Waals surface area contributed by atoms with E-state index in [1.54, 1.807) is 6.07 Å². The molecule has 2 saturated heterocycles. The van der Waals surface area contributed by atoms with E-state index >= 15 is 0 Å². The molecule has 3 aromatic rings. The number of H-pyrrole nitrogens is 1. The van der Waals surface area contributed by atoms with Gasteiger partial charge in [0.25, 0.3) is 0 Å². The molecule has 10 nitrogen and oxygen atoms in total. The molecule has 2 aliphatic heterocycles. The smallest absolute Gasteiger partial charge is 0.407 e. The fourth-order valence-corrected chi connectivity index (χ4v) is 5.67. The summed E-state index contributed by atoms with van der Waals surface area (Å²) in [6.07, 6.45) is 0.291. The highest BCUT2D eigenvalue weighted by atomic mass is 16.5. The van der Waals surface area contributed by atoms with Gasteiger partial charge in [0.1, 0.15) is 5.75 Å². The number of aromatic amines is 1. The normalized spacial score (nSPS) is 18.3. The van der Waals surface area contributed by atoms with Gasteiger partial charge in [0.15, 0.2) is 0 Å². The van der Waals surface area contributed by atoms with Crippen molar-refractivity contribution in [1.82, 2.24) is 20.1 Å². The van der Waals surface area contributed by atoms with Crippen LogP contribution in [-0.4, -0.2) is 87.7 Å². The van der Waals surface area contributed by atoms with Crippen molar-refractivity contribution >= 4 is 17.0 Å². The third kappa shape index (κ3) is 6.42. The summed E-state index contributed by atoms with van der Waals surface area (Å²) in [6, 6.07) is 14.0. The zero-order valence-corrected chi connectivity index (χ0v) is 21.9. The van der Waals surface area contributed by atoms with Crippen LogP contribution in [0.15, 0.2) is 53.3 Å². The van der Waals surface area contributed by atoms with Gasteiger partial charge in [-0.1, -0.05) is 30.3 Å². The lowest BCUT2D eigenvalue weighted by molar-refractivity contribution is -0.100. The third-order valence-electron chi connectivity index (χ3n) is 7.90. The number of carbonyl (C=O) groups is 1. The van der Waals surface area contributed by atoms with Crippen LogP contribution in [0, 0.1) is 0 Å². The molecule has 0 saturated carbocycles. The van der Waals surface area contributed by atoms with E-state index in [0.29, 0.717) is 17.4 Å². The van der Waals surface area contributed by atoms with Gasteiger partial charge in [0, 0.05) is 50.7 Å². The standard InChI is InChI=1S/C29H36N4O6/c34-24-6-4-22(23-5-7-26(36)31-27(23)24)25(35)18-33(28(37)38)12-8-20-2-1-3-21(16-20)17-32-13-9-29(10-14-32)19-30-11-15-39-29/h1-7,16,25,30,34-35H,8-15,17-19H2,(H,31,36)(H,37,38). The highest BCUT2D eigenvalue weighted by molar-refractivity contribution is 5.87. The van der Waals surface area contributed by atoms with Crippen molar-refractivity contribution in [1.29, 1.82) is 0 Å². The van der Waals surface area contributed by atoms with Crippen LogP contribution in [0.25, 0.3) is 10.9 Å². The number of morpholine rings is 1. The van der Waals surface area contributed by atoms with E-state index in [1.165, 1.54) is 28.7 Å². The molecule has 0 aliphatic carbocycles. The first-order valence-corrected chi connectivity index (χ1v) is 13.5. The monoisotopic (exact) mass is 536 g/mol. The Morgan fingerprint density at radius 2 is 1.92 bits per heavy atom. The van der Waals surface area contributed by atoms with Crippen molar-refractivity contribution in [2.75, 3.05) is 45.9 Å². The Hall–Kier alpha value is -3.44. The van der Waals surface area contributed by atoms with Crippen LogP contribution in [0.5, 0.6) is 5.75 Å². The molecule has 1 unspecified atom stereocenters. The van der Waals surface area contributed by atoms with Crippen molar-refractivity contribution in [2.24, 2.45) is 0 Å². The van der Waals surface area contributed by atoms with E-state index in [9.17, 15) is 24.9 Å². The fraction of sp³-hybridized carbons (Fsp3) is 0.448. The van der Waals surface area contributed by atoms with E-state index < -0.39 is 12.2 Å². The van der Waals surface area contributed by atoms with Crippen molar-refractivity contribution in [3.05, 3.63) is 75.6 Å². The number of phenolic OH excluding ortho intramolecular Hbond substituents is 1. The van der Waals surface area contributed by atoms with Crippen molar-refractivity contribution in [3.8, 4) is 5.75 Å². The Morgan fingerprint density at radius 1 is 1.13 bits per heavy atom. The summed E-state index contributed by atoms with van der Waals surface area (Å²) in [5.41, 5.74) is 2.48. The highest BCUT2D eigenvalue weighted by Crippen LogP contribution is 2.30. The topological polar surface area (TPSA) is 138 Å². The molecule has 2 aliphatic rings.